The van der Waals surface area contributed by atoms with Gasteiger partial charge in [-0.25, -0.2) is 4.98 Å². The molecule has 0 aliphatic heterocycles. The maximum Gasteiger partial charge on any atom is 0.223 e. The largest absolute Gasteiger partial charge is 0.330 e. The van der Waals surface area contributed by atoms with E-state index in [1.165, 1.54) is 18.3 Å². The summed E-state index contributed by atoms with van der Waals surface area (Å²) in [5.74, 6) is -0.0938. The molecule has 0 saturated carbocycles. The van der Waals surface area contributed by atoms with Crippen molar-refractivity contribution >= 4 is 22.4 Å². The van der Waals surface area contributed by atoms with Gasteiger partial charge in [0.1, 0.15) is 0 Å². The molecule has 1 heterocycles. The number of rotatable bonds is 3. The van der Waals surface area contributed by atoms with Crippen LogP contribution in [0, 0.1) is 0 Å². The zero-order valence-corrected chi connectivity index (χ0v) is 7.65. The molecule has 0 atom stereocenters. The summed E-state index contributed by atoms with van der Waals surface area (Å²) in [6, 6.07) is 0. The number of nitrogens with two attached hydrogens (primary N) is 1. The van der Waals surface area contributed by atoms with Gasteiger partial charge in [-0.3, -0.25) is 4.79 Å². The highest BCUT2D eigenvalue weighted by Gasteiger charge is 2.01. The molecule has 3 N–H and O–H groups in total. The maximum atomic E-state index is 10.6. The zero-order chi connectivity index (χ0) is 8.97. The minimum atomic E-state index is -0.0938. The van der Waals surface area contributed by atoms with Crippen LogP contribution in [0.1, 0.15) is 12.6 Å². The molecule has 0 unspecified atom stereocenters. The van der Waals surface area contributed by atoms with E-state index in [9.17, 15) is 4.79 Å². The fourth-order valence-electron chi connectivity index (χ4n) is 0.778. The van der Waals surface area contributed by atoms with Gasteiger partial charge in [0.25, 0.3) is 0 Å². The monoisotopic (exact) mass is 185 g/mol. The molecule has 0 aromatic carbocycles. The normalized spacial score (nSPS) is 9.83. The summed E-state index contributed by atoms with van der Waals surface area (Å²) in [5.41, 5.74) is 6.28. The third kappa shape index (κ3) is 2.60. The number of amides is 1. The maximum absolute atomic E-state index is 10.6. The van der Waals surface area contributed by atoms with E-state index in [0.29, 0.717) is 11.7 Å². The van der Waals surface area contributed by atoms with Gasteiger partial charge in [0, 0.05) is 18.7 Å². The van der Waals surface area contributed by atoms with Gasteiger partial charge in [0.05, 0.1) is 5.69 Å². The molecule has 12 heavy (non-hydrogen) atoms. The zero-order valence-electron chi connectivity index (χ0n) is 6.83. The molecule has 1 aromatic rings. The van der Waals surface area contributed by atoms with Gasteiger partial charge in [-0.2, -0.15) is 0 Å². The topological polar surface area (TPSA) is 68.0 Å². The first-order chi connectivity index (χ1) is 5.72. The Morgan fingerprint density at radius 1 is 1.83 bits per heavy atom. The highest BCUT2D eigenvalue weighted by molar-refractivity contribution is 7.13. The fourth-order valence-corrected chi connectivity index (χ4v) is 1.57. The molecule has 0 bridgehead atoms. The quantitative estimate of drug-likeness (QED) is 0.724. The molecule has 1 aromatic heterocycles. The molecular weight excluding hydrogens is 174 g/mol. The van der Waals surface area contributed by atoms with E-state index in [-0.39, 0.29) is 5.91 Å². The van der Waals surface area contributed by atoms with Crippen molar-refractivity contribution in [2.45, 2.75) is 13.3 Å². The van der Waals surface area contributed by atoms with E-state index in [0.717, 1.165) is 12.1 Å². The smallest absolute Gasteiger partial charge is 0.223 e. The number of nitrogens with one attached hydrogen (secondary N) is 1. The molecule has 0 fully saturated rings. The molecule has 5 heteroatoms. The van der Waals surface area contributed by atoms with Crippen molar-refractivity contribution in [3.8, 4) is 0 Å². The van der Waals surface area contributed by atoms with E-state index in [2.05, 4.69) is 10.3 Å². The first kappa shape index (κ1) is 9.15. The summed E-state index contributed by atoms with van der Waals surface area (Å²) in [7, 11) is 0. The average Bonchev–Trinajstić information content (AvgIpc) is 2.36. The summed E-state index contributed by atoms with van der Waals surface area (Å²) in [6.45, 7) is 2.05. The number of hydrogen-bond acceptors (Lipinski definition) is 4. The molecule has 0 aliphatic carbocycles. The van der Waals surface area contributed by atoms with Crippen LogP contribution in [0.15, 0.2) is 5.38 Å². The van der Waals surface area contributed by atoms with E-state index >= 15 is 0 Å². The van der Waals surface area contributed by atoms with Gasteiger partial charge < -0.3 is 11.1 Å². The number of anilines is 1. The van der Waals surface area contributed by atoms with Crippen LogP contribution in [-0.2, 0) is 11.2 Å². The second-order valence-electron chi connectivity index (χ2n) is 2.36. The molecule has 0 aliphatic rings. The molecule has 4 nitrogen and oxygen atoms in total. The molecule has 0 radical (unpaired) electrons. The predicted octanol–water partition coefficient (Wildman–Crippen LogP) is 0.603. The Hall–Kier alpha value is -0.940. The van der Waals surface area contributed by atoms with Gasteiger partial charge in [0.15, 0.2) is 5.13 Å². The summed E-state index contributed by atoms with van der Waals surface area (Å²) in [6.07, 6.45) is 0.760. The van der Waals surface area contributed by atoms with Crippen LogP contribution in [0.2, 0.25) is 0 Å². The highest BCUT2D eigenvalue weighted by atomic mass is 32.1. The van der Waals surface area contributed by atoms with Crippen LogP contribution < -0.4 is 11.1 Å². The Balaban J connectivity index is 2.58. The number of thiazole rings is 1. The minimum Gasteiger partial charge on any atom is -0.330 e. The van der Waals surface area contributed by atoms with Crippen LogP contribution in [0.5, 0.6) is 0 Å². The van der Waals surface area contributed by atoms with E-state index in [1.54, 1.807) is 0 Å². The van der Waals surface area contributed by atoms with E-state index < -0.39 is 0 Å². The van der Waals surface area contributed by atoms with Crippen LogP contribution in [0.3, 0.4) is 0 Å². The molecule has 1 amide bonds. The highest BCUT2D eigenvalue weighted by Crippen LogP contribution is 2.14. The lowest BCUT2D eigenvalue weighted by Gasteiger charge is -1.93. The van der Waals surface area contributed by atoms with Gasteiger partial charge in [0.2, 0.25) is 5.91 Å². The SMILES string of the molecule is CC(=O)Nc1nc(CCN)cs1. The number of hydrogen-bond donors (Lipinski definition) is 2. The van der Waals surface area contributed by atoms with Crippen LogP contribution in [0.25, 0.3) is 0 Å². The van der Waals surface area contributed by atoms with Crippen LogP contribution >= 0.6 is 11.3 Å². The fraction of sp³-hybridized carbons (Fsp3) is 0.429. The lowest BCUT2D eigenvalue weighted by molar-refractivity contribution is -0.114. The third-order valence-electron chi connectivity index (χ3n) is 1.24. The molecule has 0 saturated heterocycles. The lowest BCUT2D eigenvalue weighted by atomic mass is 10.3. The van der Waals surface area contributed by atoms with Crippen molar-refractivity contribution in [3.05, 3.63) is 11.1 Å². The Morgan fingerprint density at radius 2 is 2.58 bits per heavy atom. The third-order valence-corrected chi connectivity index (χ3v) is 2.04. The van der Waals surface area contributed by atoms with Crippen molar-refractivity contribution in [2.24, 2.45) is 5.73 Å². The summed E-state index contributed by atoms with van der Waals surface area (Å²) in [4.78, 5) is 14.8. The van der Waals surface area contributed by atoms with Crippen molar-refractivity contribution in [1.82, 2.24) is 4.98 Å². The predicted molar refractivity (Wildman–Crippen MR) is 49.2 cm³/mol. The number of nitrogens with zero attached hydrogens (tertiary/aromatic N) is 1. The Morgan fingerprint density at radius 3 is 3.17 bits per heavy atom. The van der Waals surface area contributed by atoms with Crippen molar-refractivity contribution in [3.63, 3.8) is 0 Å². The Bertz CT molecular complexity index is 271. The molecule has 66 valence electrons. The minimum absolute atomic E-state index is 0.0938. The summed E-state index contributed by atoms with van der Waals surface area (Å²) < 4.78 is 0. The number of carbonyl (C=O) groups is 1. The van der Waals surface area contributed by atoms with Crippen molar-refractivity contribution in [1.29, 1.82) is 0 Å². The van der Waals surface area contributed by atoms with Gasteiger partial charge in [-0.05, 0) is 6.54 Å². The second-order valence-corrected chi connectivity index (χ2v) is 3.22. The number of aromatic nitrogens is 1. The Labute approximate surface area is 74.8 Å². The Kier molecular flexibility index (Phi) is 3.19. The van der Waals surface area contributed by atoms with E-state index in [1.807, 2.05) is 5.38 Å². The van der Waals surface area contributed by atoms with Crippen LogP contribution in [0.4, 0.5) is 5.13 Å². The van der Waals surface area contributed by atoms with Crippen molar-refractivity contribution < 1.29 is 4.79 Å². The average molecular weight is 185 g/mol. The number of carbonyl (C=O) groups excluding carboxylic acids is 1. The molecular formula is C7H11N3OS. The van der Waals surface area contributed by atoms with Crippen LogP contribution in [-0.4, -0.2) is 17.4 Å². The first-order valence-electron chi connectivity index (χ1n) is 3.64. The van der Waals surface area contributed by atoms with Gasteiger partial charge in [-0.1, -0.05) is 0 Å². The molecule has 1 rings (SSSR count). The second kappa shape index (κ2) is 4.18. The summed E-state index contributed by atoms with van der Waals surface area (Å²) >= 11 is 1.42. The molecule has 0 spiro atoms. The summed E-state index contributed by atoms with van der Waals surface area (Å²) in [5, 5.41) is 5.16. The van der Waals surface area contributed by atoms with E-state index in [4.69, 9.17) is 5.73 Å². The van der Waals surface area contributed by atoms with Crippen molar-refractivity contribution in [2.75, 3.05) is 11.9 Å². The van der Waals surface area contributed by atoms with Gasteiger partial charge in [-0.15, -0.1) is 11.3 Å². The lowest BCUT2D eigenvalue weighted by Crippen LogP contribution is -2.06. The standard InChI is InChI=1S/C7H11N3OS/c1-5(11)9-7-10-6(2-3-8)4-12-7/h4H,2-3,8H2,1H3,(H,9,10,11). The first-order valence-corrected chi connectivity index (χ1v) is 4.52. The van der Waals surface area contributed by atoms with Gasteiger partial charge >= 0.3 is 0 Å².